The van der Waals surface area contributed by atoms with E-state index in [1.807, 2.05) is 11.3 Å². The lowest BCUT2D eigenvalue weighted by atomic mass is 9.65. The van der Waals surface area contributed by atoms with Gasteiger partial charge < -0.3 is 0 Å². The second kappa shape index (κ2) is 3.21. The highest BCUT2D eigenvalue weighted by Crippen LogP contribution is 2.48. The SMILES string of the molecule is CCCC1(c2cccs2)CCC1. The highest BCUT2D eigenvalue weighted by molar-refractivity contribution is 7.10. The van der Waals surface area contributed by atoms with Crippen molar-refractivity contribution in [2.45, 2.75) is 44.4 Å². The minimum absolute atomic E-state index is 0.614. The third-order valence-corrected chi connectivity index (χ3v) is 4.20. The maximum Gasteiger partial charge on any atom is 0.0107 e. The van der Waals surface area contributed by atoms with Gasteiger partial charge in [-0.1, -0.05) is 25.8 Å². The van der Waals surface area contributed by atoms with Crippen LogP contribution in [0.25, 0.3) is 0 Å². The second-order valence-corrected chi connectivity index (χ2v) is 4.81. The van der Waals surface area contributed by atoms with Crippen molar-refractivity contribution in [3.8, 4) is 0 Å². The topological polar surface area (TPSA) is 0 Å². The monoisotopic (exact) mass is 180 g/mol. The molecule has 0 amide bonds. The number of hydrogen-bond donors (Lipinski definition) is 0. The van der Waals surface area contributed by atoms with Crippen molar-refractivity contribution < 1.29 is 0 Å². The lowest BCUT2D eigenvalue weighted by Crippen LogP contribution is -2.32. The van der Waals surface area contributed by atoms with Gasteiger partial charge in [0.25, 0.3) is 0 Å². The zero-order chi connectivity index (χ0) is 8.44. The van der Waals surface area contributed by atoms with E-state index in [0.717, 1.165) is 0 Å². The van der Waals surface area contributed by atoms with Crippen LogP contribution in [0.4, 0.5) is 0 Å². The van der Waals surface area contributed by atoms with E-state index in [1.54, 1.807) is 4.88 Å². The number of rotatable bonds is 3. The first kappa shape index (κ1) is 8.31. The maximum atomic E-state index is 2.32. The second-order valence-electron chi connectivity index (χ2n) is 3.86. The summed E-state index contributed by atoms with van der Waals surface area (Å²) >= 11 is 1.95. The zero-order valence-electron chi connectivity index (χ0n) is 7.68. The molecule has 0 bridgehead atoms. The Labute approximate surface area is 78.6 Å². The summed E-state index contributed by atoms with van der Waals surface area (Å²) in [6.45, 7) is 2.30. The Hall–Kier alpha value is -0.300. The summed E-state index contributed by atoms with van der Waals surface area (Å²) in [5.41, 5.74) is 0.614. The van der Waals surface area contributed by atoms with Gasteiger partial charge in [0, 0.05) is 10.3 Å². The lowest BCUT2D eigenvalue weighted by molar-refractivity contribution is 0.229. The first-order valence-electron chi connectivity index (χ1n) is 4.91. The van der Waals surface area contributed by atoms with E-state index in [1.165, 1.54) is 32.1 Å². The molecule has 1 aliphatic rings. The van der Waals surface area contributed by atoms with E-state index in [9.17, 15) is 0 Å². The molecule has 1 saturated carbocycles. The Kier molecular flexibility index (Phi) is 2.22. The van der Waals surface area contributed by atoms with Gasteiger partial charge in [0.05, 0.1) is 0 Å². The molecule has 66 valence electrons. The minimum atomic E-state index is 0.614. The molecule has 0 unspecified atom stereocenters. The molecule has 1 aromatic heterocycles. The fourth-order valence-electron chi connectivity index (χ4n) is 2.28. The third kappa shape index (κ3) is 1.20. The Bertz CT molecular complexity index is 232. The Morgan fingerprint density at radius 2 is 2.33 bits per heavy atom. The molecule has 1 fully saturated rings. The van der Waals surface area contributed by atoms with E-state index in [0.29, 0.717) is 5.41 Å². The number of hydrogen-bond acceptors (Lipinski definition) is 1. The summed E-state index contributed by atoms with van der Waals surface area (Å²) < 4.78 is 0. The summed E-state index contributed by atoms with van der Waals surface area (Å²) in [6, 6.07) is 4.51. The van der Waals surface area contributed by atoms with Crippen LogP contribution in [-0.2, 0) is 5.41 Å². The lowest BCUT2D eigenvalue weighted by Gasteiger charge is -2.41. The fraction of sp³-hybridized carbons (Fsp3) is 0.636. The van der Waals surface area contributed by atoms with Crippen LogP contribution in [0.15, 0.2) is 17.5 Å². The van der Waals surface area contributed by atoms with Crippen molar-refractivity contribution in [2.75, 3.05) is 0 Å². The van der Waals surface area contributed by atoms with E-state index >= 15 is 0 Å². The van der Waals surface area contributed by atoms with Crippen molar-refractivity contribution in [3.63, 3.8) is 0 Å². The highest BCUT2D eigenvalue weighted by atomic mass is 32.1. The van der Waals surface area contributed by atoms with Crippen molar-refractivity contribution >= 4 is 11.3 Å². The Morgan fingerprint density at radius 3 is 2.75 bits per heavy atom. The van der Waals surface area contributed by atoms with Crippen LogP contribution in [0.1, 0.15) is 43.9 Å². The zero-order valence-corrected chi connectivity index (χ0v) is 8.49. The number of thiophene rings is 1. The van der Waals surface area contributed by atoms with Gasteiger partial charge in [0.2, 0.25) is 0 Å². The molecular formula is C11H16S. The normalized spacial score (nSPS) is 20.4. The molecule has 1 aromatic rings. The molecule has 0 spiro atoms. The molecule has 1 aliphatic carbocycles. The Balaban J connectivity index is 2.17. The van der Waals surface area contributed by atoms with E-state index in [2.05, 4.69) is 24.4 Å². The van der Waals surface area contributed by atoms with Gasteiger partial charge in [-0.15, -0.1) is 11.3 Å². The van der Waals surface area contributed by atoms with E-state index in [-0.39, 0.29) is 0 Å². The van der Waals surface area contributed by atoms with Gasteiger partial charge in [-0.25, -0.2) is 0 Å². The standard InChI is InChI=1S/C11H16S/c1-2-6-11(7-4-8-11)10-5-3-9-12-10/h3,5,9H,2,4,6-8H2,1H3. The predicted molar refractivity (Wildman–Crippen MR) is 54.8 cm³/mol. The van der Waals surface area contributed by atoms with Crippen LogP contribution in [-0.4, -0.2) is 0 Å². The molecule has 1 heteroatoms. The van der Waals surface area contributed by atoms with Gasteiger partial charge >= 0.3 is 0 Å². The summed E-state index contributed by atoms with van der Waals surface area (Å²) in [4.78, 5) is 1.63. The Morgan fingerprint density at radius 1 is 1.50 bits per heavy atom. The van der Waals surface area contributed by atoms with Crippen LogP contribution < -0.4 is 0 Å². The first-order chi connectivity index (χ1) is 5.87. The van der Waals surface area contributed by atoms with Crippen LogP contribution >= 0.6 is 11.3 Å². The molecule has 0 aromatic carbocycles. The third-order valence-electron chi connectivity index (χ3n) is 3.08. The maximum absolute atomic E-state index is 2.32. The highest BCUT2D eigenvalue weighted by Gasteiger charge is 2.38. The minimum Gasteiger partial charge on any atom is -0.148 e. The fourth-order valence-corrected chi connectivity index (χ4v) is 3.30. The van der Waals surface area contributed by atoms with Crippen LogP contribution in [0.2, 0.25) is 0 Å². The molecule has 1 heterocycles. The molecule has 0 atom stereocenters. The molecule has 12 heavy (non-hydrogen) atoms. The van der Waals surface area contributed by atoms with Gasteiger partial charge in [-0.05, 0) is 30.7 Å². The summed E-state index contributed by atoms with van der Waals surface area (Å²) in [7, 11) is 0. The molecule has 0 radical (unpaired) electrons. The van der Waals surface area contributed by atoms with Gasteiger partial charge in [-0.2, -0.15) is 0 Å². The average Bonchev–Trinajstić information content (AvgIpc) is 2.48. The van der Waals surface area contributed by atoms with Gasteiger partial charge in [0.15, 0.2) is 0 Å². The molecule has 0 nitrogen and oxygen atoms in total. The summed E-state index contributed by atoms with van der Waals surface area (Å²) in [5, 5.41) is 2.21. The van der Waals surface area contributed by atoms with Crippen LogP contribution in [0.5, 0.6) is 0 Å². The van der Waals surface area contributed by atoms with Crippen molar-refractivity contribution in [1.29, 1.82) is 0 Å². The van der Waals surface area contributed by atoms with Crippen LogP contribution in [0.3, 0.4) is 0 Å². The smallest absolute Gasteiger partial charge is 0.0107 e. The van der Waals surface area contributed by atoms with Crippen molar-refractivity contribution in [3.05, 3.63) is 22.4 Å². The van der Waals surface area contributed by atoms with Gasteiger partial charge in [-0.3, -0.25) is 0 Å². The molecule has 0 N–H and O–H groups in total. The molecule has 0 aliphatic heterocycles. The van der Waals surface area contributed by atoms with E-state index < -0.39 is 0 Å². The largest absolute Gasteiger partial charge is 0.148 e. The molecule has 2 rings (SSSR count). The quantitative estimate of drug-likeness (QED) is 0.660. The van der Waals surface area contributed by atoms with Crippen molar-refractivity contribution in [2.24, 2.45) is 0 Å². The van der Waals surface area contributed by atoms with E-state index in [4.69, 9.17) is 0 Å². The molecular weight excluding hydrogens is 164 g/mol. The summed E-state index contributed by atoms with van der Waals surface area (Å²) in [6.07, 6.45) is 7.03. The molecule has 0 saturated heterocycles. The van der Waals surface area contributed by atoms with Gasteiger partial charge in [0.1, 0.15) is 0 Å². The van der Waals surface area contributed by atoms with Crippen molar-refractivity contribution in [1.82, 2.24) is 0 Å². The first-order valence-corrected chi connectivity index (χ1v) is 5.79. The average molecular weight is 180 g/mol. The predicted octanol–water partition coefficient (Wildman–Crippen LogP) is 3.97. The summed E-state index contributed by atoms with van der Waals surface area (Å²) in [5.74, 6) is 0. The van der Waals surface area contributed by atoms with Crippen LogP contribution in [0, 0.1) is 0 Å².